The van der Waals surface area contributed by atoms with Crippen LogP contribution in [0.5, 0.6) is 17.4 Å². The number of hydrogen-bond acceptors (Lipinski definition) is 6. The normalized spacial score (nSPS) is 16.8. The lowest BCUT2D eigenvalue weighted by Crippen LogP contribution is -2.46. The topological polar surface area (TPSA) is 73.8 Å². The molecule has 3 rings (SSSR count). The van der Waals surface area contributed by atoms with Crippen molar-refractivity contribution in [3.63, 3.8) is 0 Å². The number of piperidine rings is 1. The zero-order chi connectivity index (χ0) is 18.4. The van der Waals surface area contributed by atoms with Gasteiger partial charge in [-0.1, -0.05) is 6.07 Å². The SMILES string of the molecule is COc1cccc(OCC(=O)N2CCC[C@@H](Oc3ccnc(C)n3)C2)c1. The molecule has 7 nitrogen and oxygen atoms in total. The molecule has 0 spiro atoms. The quantitative estimate of drug-likeness (QED) is 0.789. The number of carbonyl (C=O) groups is 1. The van der Waals surface area contributed by atoms with Gasteiger partial charge in [0.15, 0.2) is 6.61 Å². The highest BCUT2D eigenvalue weighted by Crippen LogP contribution is 2.20. The first-order valence-electron chi connectivity index (χ1n) is 8.65. The first-order chi connectivity index (χ1) is 12.6. The molecule has 1 amide bonds. The average Bonchev–Trinajstić information content (AvgIpc) is 2.66. The van der Waals surface area contributed by atoms with Gasteiger partial charge in [-0.25, -0.2) is 4.98 Å². The maximum atomic E-state index is 12.5. The smallest absolute Gasteiger partial charge is 0.260 e. The third kappa shape index (κ3) is 4.84. The number of hydrogen-bond donors (Lipinski definition) is 0. The van der Waals surface area contributed by atoms with Crippen LogP contribution in [-0.2, 0) is 4.79 Å². The molecule has 1 aromatic heterocycles. The van der Waals surface area contributed by atoms with Gasteiger partial charge < -0.3 is 19.1 Å². The van der Waals surface area contributed by atoms with Crippen LogP contribution in [0.1, 0.15) is 18.7 Å². The lowest BCUT2D eigenvalue weighted by atomic mass is 10.1. The van der Waals surface area contributed by atoms with Crippen molar-refractivity contribution >= 4 is 5.91 Å². The number of benzene rings is 1. The van der Waals surface area contributed by atoms with Crippen molar-refractivity contribution in [3.8, 4) is 17.4 Å². The second-order valence-electron chi connectivity index (χ2n) is 6.13. The predicted molar refractivity (Wildman–Crippen MR) is 95.5 cm³/mol. The van der Waals surface area contributed by atoms with Gasteiger partial charge in [-0.05, 0) is 31.9 Å². The summed E-state index contributed by atoms with van der Waals surface area (Å²) in [7, 11) is 1.59. The van der Waals surface area contributed by atoms with Gasteiger partial charge in [0.05, 0.1) is 13.7 Å². The number of nitrogens with zero attached hydrogens (tertiary/aromatic N) is 3. The lowest BCUT2D eigenvalue weighted by molar-refractivity contribution is -0.136. The minimum atomic E-state index is -0.0705. The van der Waals surface area contributed by atoms with Crippen LogP contribution in [0.25, 0.3) is 0 Å². The van der Waals surface area contributed by atoms with Gasteiger partial charge in [-0.3, -0.25) is 4.79 Å². The summed E-state index contributed by atoms with van der Waals surface area (Å²) in [6.45, 7) is 3.05. The Morgan fingerprint density at radius 2 is 2.15 bits per heavy atom. The minimum absolute atomic E-state index is 0.00744. The van der Waals surface area contributed by atoms with Crippen molar-refractivity contribution in [1.29, 1.82) is 0 Å². The summed E-state index contributed by atoms with van der Waals surface area (Å²) in [6.07, 6.45) is 3.38. The fourth-order valence-corrected chi connectivity index (χ4v) is 2.86. The lowest BCUT2D eigenvalue weighted by Gasteiger charge is -2.32. The van der Waals surface area contributed by atoms with Crippen LogP contribution in [-0.4, -0.2) is 53.7 Å². The monoisotopic (exact) mass is 357 g/mol. The third-order valence-corrected chi connectivity index (χ3v) is 4.17. The Morgan fingerprint density at radius 1 is 1.31 bits per heavy atom. The van der Waals surface area contributed by atoms with Crippen molar-refractivity contribution in [3.05, 3.63) is 42.4 Å². The molecule has 1 aromatic carbocycles. The molecular formula is C19H23N3O4. The van der Waals surface area contributed by atoms with Crippen LogP contribution in [0.4, 0.5) is 0 Å². The Bertz CT molecular complexity index is 753. The number of carbonyl (C=O) groups excluding carboxylic acids is 1. The molecule has 7 heteroatoms. The highest BCUT2D eigenvalue weighted by Gasteiger charge is 2.25. The average molecular weight is 357 g/mol. The maximum Gasteiger partial charge on any atom is 0.260 e. The van der Waals surface area contributed by atoms with E-state index in [1.54, 1.807) is 36.4 Å². The molecule has 0 radical (unpaired) electrons. The molecular weight excluding hydrogens is 334 g/mol. The zero-order valence-electron chi connectivity index (χ0n) is 15.1. The highest BCUT2D eigenvalue weighted by molar-refractivity contribution is 5.78. The van der Waals surface area contributed by atoms with Crippen LogP contribution in [0, 0.1) is 6.92 Å². The highest BCUT2D eigenvalue weighted by atomic mass is 16.5. The number of aryl methyl sites for hydroxylation is 1. The number of likely N-dealkylation sites (tertiary alicyclic amines) is 1. The van der Waals surface area contributed by atoms with E-state index in [1.807, 2.05) is 19.1 Å². The van der Waals surface area contributed by atoms with Crippen molar-refractivity contribution < 1.29 is 19.0 Å². The molecule has 0 saturated carbocycles. The van der Waals surface area contributed by atoms with Crippen molar-refractivity contribution in [2.75, 3.05) is 26.8 Å². The Kier molecular flexibility index (Phi) is 5.88. The minimum Gasteiger partial charge on any atom is -0.497 e. The summed E-state index contributed by atoms with van der Waals surface area (Å²) in [5.41, 5.74) is 0. The van der Waals surface area contributed by atoms with E-state index in [9.17, 15) is 4.79 Å². The fourth-order valence-electron chi connectivity index (χ4n) is 2.86. The summed E-state index contributed by atoms with van der Waals surface area (Å²) in [5.74, 6) is 2.46. The van der Waals surface area contributed by atoms with Crippen LogP contribution in [0.3, 0.4) is 0 Å². The molecule has 26 heavy (non-hydrogen) atoms. The summed E-state index contributed by atoms with van der Waals surface area (Å²) in [5, 5.41) is 0. The Labute approximate surface area is 152 Å². The predicted octanol–water partition coefficient (Wildman–Crippen LogP) is 2.24. The molecule has 0 aliphatic carbocycles. The fraction of sp³-hybridized carbons (Fsp3) is 0.421. The van der Waals surface area contributed by atoms with Gasteiger partial charge in [0.1, 0.15) is 23.4 Å². The van der Waals surface area contributed by atoms with Gasteiger partial charge in [0.2, 0.25) is 5.88 Å². The van der Waals surface area contributed by atoms with E-state index in [0.29, 0.717) is 36.3 Å². The van der Waals surface area contributed by atoms with Crippen LogP contribution in [0.2, 0.25) is 0 Å². The van der Waals surface area contributed by atoms with Crippen LogP contribution < -0.4 is 14.2 Å². The molecule has 138 valence electrons. The summed E-state index contributed by atoms with van der Waals surface area (Å²) >= 11 is 0. The number of amides is 1. The molecule has 0 unspecified atom stereocenters. The van der Waals surface area contributed by atoms with E-state index in [1.165, 1.54) is 0 Å². The first-order valence-corrected chi connectivity index (χ1v) is 8.65. The molecule has 1 fully saturated rings. The van der Waals surface area contributed by atoms with Gasteiger partial charge in [0.25, 0.3) is 5.91 Å². The maximum absolute atomic E-state index is 12.5. The first kappa shape index (κ1) is 18.0. The Balaban J connectivity index is 1.52. The van der Waals surface area contributed by atoms with Crippen LogP contribution >= 0.6 is 0 Å². The largest absolute Gasteiger partial charge is 0.497 e. The third-order valence-electron chi connectivity index (χ3n) is 4.17. The molecule has 2 aromatic rings. The Hall–Kier alpha value is -2.83. The Morgan fingerprint density at radius 3 is 2.96 bits per heavy atom. The van der Waals surface area contributed by atoms with E-state index in [-0.39, 0.29) is 18.6 Å². The number of rotatable bonds is 6. The van der Waals surface area contributed by atoms with E-state index in [4.69, 9.17) is 14.2 Å². The summed E-state index contributed by atoms with van der Waals surface area (Å²) in [6, 6.07) is 8.95. The van der Waals surface area contributed by atoms with Crippen molar-refractivity contribution in [1.82, 2.24) is 14.9 Å². The van der Waals surface area contributed by atoms with E-state index in [0.717, 1.165) is 12.8 Å². The van der Waals surface area contributed by atoms with Crippen molar-refractivity contribution in [2.45, 2.75) is 25.9 Å². The van der Waals surface area contributed by atoms with Gasteiger partial charge in [-0.2, -0.15) is 4.98 Å². The zero-order valence-corrected chi connectivity index (χ0v) is 15.1. The molecule has 1 aliphatic heterocycles. The summed E-state index contributed by atoms with van der Waals surface area (Å²) < 4.78 is 16.7. The molecule has 1 aliphatic rings. The molecule has 2 heterocycles. The van der Waals surface area contributed by atoms with Gasteiger partial charge >= 0.3 is 0 Å². The standard InChI is InChI=1S/C19H23N3O4/c1-14-20-9-8-18(21-14)26-17-7-4-10-22(12-17)19(23)13-25-16-6-3-5-15(11-16)24-2/h3,5-6,8-9,11,17H,4,7,10,12-13H2,1-2H3/t17-/m1/s1. The van der Waals surface area contributed by atoms with Gasteiger partial charge in [-0.15, -0.1) is 0 Å². The van der Waals surface area contributed by atoms with Crippen LogP contribution in [0.15, 0.2) is 36.5 Å². The summed E-state index contributed by atoms with van der Waals surface area (Å²) in [4.78, 5) is 22.6. The number of aromatic nitrogens is 2. The second kappa shape index (κ2) is 8.51. The number of methoxy groups -OCH3 is 1. The second-order valence-corrected chi connectivity index (χ2v) is 6.13. The molecule has 0 bridgehead atoms. The van der Waals surface area contributed by atoms with E-state index < -0.39 is 0 Å². The number of ether oxygens (including phenoxy) is 3. The van der Waals surface area contributed by atoms with Crippen molar-refractivity contribution in [2.24, 2.45) is 0 Å². The molecule has 0 N–H and O–H groups in total. The van der Waals surface area contributed by atoms with E-state index in [2.05, 4.69) is 9.97 Å². The molecule has 1 saturated heterocycles. The van der Waals surface area contributed by atoms with E-state index >= 15 is 0 Å². The van der Waals surface area contributed by atoms with Gasteiger partial charge in [0, 0.05) is 24.9 Å². The molecule has 1 atom stereocenters.